The lowest BCUT2D eigenvalue weighted by Crippen LogP contribution is -2.52. The number of piperazine rings is 1. The van der Waals surface area contributed by atoms with Crippen LogP contribution in [0.5, 0.6) is 17.2 Å². The van der Waals surface area contributed by atoms with E-state index in [-0.39, 0.29) is 13.4 Å². The maximum Gasteiger partial charge on any atom is 0.231 e. The summed E-state index contributed by atoms with van der Waals surface area (Å²) in [6.07, 6.45) is 0.985. The number of rotatable bonds is 10. The van der Waals surface area contributed by atoms with Gasteiger partial charge in [-0.15, -0.1) is 0 Å². The van der Waals surface area contributed by atoms with Gasteiger partial charge in [-0.05, 0) is 36.9 Å². The number of hydrogen-bond acceptors (Lipinski definition) is 9. The lowest BCUT2D eigenvalue weighted by molar-refractivity contribution is 0.0548. The first kappa shape index (κ1) is 22.3. The molecule has 0 bridgehead atoms. The summed E-state index contributed by atoms with van der Waals surface area (Å²) < 4.78 is 16.5. The van der Waals surface area contributed by atoms with Gasteiger partial charge in [-0.25, -0.2) is 5.01 Å². The van der Waals surface area contributed by atoms with Crippen LogP contribution >= 0.6 is 0 Å². The predicted molar refractivity (Wildman–Crippen MR) is 120 cm³/mol. The monoisotopic (exact) mass is 442 g/mol. The van der Waals surface area contributed by atoms with E-state index in [0.29, 0.717) is 18.9 Å². The molecule has 1 fully saturated rings. The summed E-state index contributed by atoms with van der Waals surface area (Å²) in [5.74, 6) is 2.10. The molecule has 1 atom stereocenters. The topological polar surface area (TPSA) is 88.0 Å². The number of nitrogens with one attached hydrogen (secondary N) is 1. The summed E-state index contributed by atoms with van der Waals surface area (Å²) >= 11 is 0. The molecule has 0 aromatic heterocycles. The minimum absolute atomic E-state index is 0.184. The predicted octanol–water partition coefficient (Wildman–Crippen LogP) is 1.46. The molecule has 0 saturated carbocycles. The lowest BCUT2D eigenvalue weighted by atomic mass is 10.2. The van der Waals surface area contributed by atoms with Crippen LogP contribution in [-0.2, 0) is 11.4 Å². The SMILES string of the molecule is CN1CCN(NCC(O)COc2ccccc2/C=N/OCc2ccc3c(c2)OCO3)CC1. The molecular weight excluding hydrogens is 412 g/mol. The van der Waals surface area contributed by atoms with Crippen molar-refractivity contribution in [2.75, 3.05) is 53.2 Å². The Morgan fingerprint density at radius 2 is 1.94 bits per heavy atom. The van der Waals surface area contributed by atoms with Gasteiger partial charge in [-0.1, -0.05) is 23.4 Å². The van der Waals surface area contributed by atoms with Gasteiger partial charge in [0, 0.05) is 38.3 Å². The maximum atomic E-state index is 10.3. The molecule has 0 spiro atoms. The number of oxime groups is 1. The van der Waals surface area contributed by atoms with Gasteiger partial charge in [-0.3, -0.25) is 5.43 Å². The molecule has 4 rings (SSSR count). The molecule has 0 aliphatic carbocycles. The Morgan fingerprint density at radius 3 is 2.81 bits per heavy atom. The highest BCUT2D eigenvalue weighted by Gasteiger charge is 2.15. The first-order chi connectivity index (χ1) is 15.7. The fourth-order valence-corrected chi connectivity index (χ4v) is 3.40. The highest BCUT2D eigenvalue weighted by Crippen LogP contribution is 2.32. The van der Waals surface area contributed by atoms with Gasteiger partial charge in [-0.2, -0.15) is 0 Å². The molecule has 2 heterocycles. The molecule has 2 aliphatic rings. The van der Waals surface area contributed by atoms with E-state index >= 15 is 0 Å². The van der Waals surface area contributed by atoms with Crippen molar-refractivity contribution < 1.29 is 24.2 Å². The van der Waals surface area contributed by atoms with Crippen molar-refractivity contribution in [3.8, 4) is 17.2 Å². The Kier molecular flexibility index (Phi) is 7.78. The average Bonchev–Trinajstić information content (AvgIpc) is 3.29. The molecule has 1 saturated heterocycles. The first-order valence-corrected chi connectivity index (χ1v) is 10.8. The number of benzene rings is 2. The van der Waals surface area contributed by atoms with E-state index in [9.17, 15) is 5.11 Å². The summed E-state index contributed by atoms with van der Waals surface area (Å²) in [5, 5.41) is 16.5. The molecule has 172 valence electrons. The number of hydrazine groups is 1. The largest absolute Gasteiger partial charge is 0.490 e. The molecule has 2 aliphatic heterocycles. The van der Waals surface area contributed by atoms with Crippen LogP contribution in [0.3, 0.4) is 0 Å². The number of nitrogens with zero attached hydrogens (tertiary/aromatic N) is 3. The van der Waals surface area contributed by atoms with Gasteiger partial charge in [0.1, 0.15) is 25.1 Å². The number of likely N-dealkylation sites (N-methyl/N-ethyl adjacent to an activating group) is 1. The second-order valence-corrected chi connectivity index (χ2v) is 7.85. The van der Waals surface area contributed by atoms with Crippen LogP contribution in [0.25, 0.3) is 0 Å². The van der Waals surface area contributed by atoms with Crippen LogP contribution in [0.2, 0.25) is 0 Å². The second kappa shape index (κ2) is 11.1. The molecule has 9 heteroatoms. The molecule has 9 nitrogen and oxygen atoms in total. The standard InChI is InChI=1S/C23H30N4O5/c1-26-8-10-27(11-9-26)24-14-20(28)16-29-21-5-3-2-4-19(21)13-25-32-15-18-6-7-22-23(12-18)31-17-30-22/h2-7,12-13,20,24,28H,8-11,14-17H2,1H3/b25-13+. The quantitative estimate of drug-likeness (QED) is 0.422. The Bertz CT molecular complexity index is 902. The van der Waals surface area contributed by atoms with Gasteiger partial charge in [0.2, 0.25) is 6.79 Å². The highest BCUT2D eigenvalue weighted by atomic mass is 16.7. The minimum Gasteiger partial charge on any atom is -0.490 e. The zero-order valence-electron chi connectivity index (χ0n) is 18.3. The molecule has 1 unspecified atom stereocenters. The molecular formula is C23H30N4O5. The summed E-state index contributed by atoms with van der Waals surface area (Å²) in [4.78, 5) is 7.71. The van der Waals surface area contributed by atoms with Gasteiger partial charge < -0.3 is 29.1 Å². The van der Waals surface area contributed by atoms with Crippen LogP contribution in [-0.4, -0.2) is 80.5 Å². The van der Waals surface area contributed by atoms with Crippen LogP contribution < -0.4 is 19.6 Å². The van der Waals surface area contributed by atoms with Gasteiger partial charge in [0.05, 0.1) is 6.21 Å². The summed E-state index contributed by atoms with van der Waals surface area (Å²) in [6, 6.07) is 13.2. The van der Waals surface area contributed by atoms with E-state index in [2.05, 4.69) is 27.5 Å². The molecule has 2 aromatic rings. The average molecular weight is 443 g/mol. The van der Waals surface area contributed by atoms with Crippen molar-refractivity contribution in [3.05, 3.63) is 53.6 Å². The van der Waals surface area contributed by atoms with Gasteiger partial charge in [0.25, 0.3) is 0 Å². The van der Waals surface area contributed by atoms with Crippen LogP contribution in [0.1, 0.15) is 11.1 Å². The minimum atomic E-state index is -0.623. The third-order valence-corrected chi connectivity index (χ3v) is 5.34. The van der Waals surface area contributed by atoms with E-state index in [1.165, 1.54) is 0 Å². The summed E-state index contributed by atoms with van der Waals surface area (Å²) in [7, 11) is 2.11. The van der Waals surface area contributed by atoms with E-state index in [0.717, 1.165) is 48.8 Å². The Balaban J connectivity index is 1.21. The zero-order valence-corrected chi connectivity index (χ0v) is 18.3. The fourth-order valence-electron chi connectivity index (χ4n) is 3.40. The molecule has 32 heavy (non-hydrogen) atoms. The van der Waals surface area contributed by atoms with Crippen molar-refractivity contribution in [1.29, 1.82) is 0 Å². The number of aliphatic hydroxyl groups is 1. The zero-order chi connectivity index (χ0) is 22.2. The Hall–Kier alpha value is -2.85. The van der Waals surface area contributed by atoms with Gasteiger partial charge in [0.15, 0.2) is 11.5 Å². The Labute approximate surface area is 188 Å². The van der Waals surface area contributed by atoms with Crippen molar-refractivity contribution in [2.45, 2.75) is 12.7 Å². The molecule has 0 radical (unpaired) electrons. The number of aliphatic hydroxyl groups excluding tert-OH is 1. The number of fused-ring (bicyclic) bond motifs is 1. The van der Waals surface area contributed by atoms with Crippen molar-refractivity contribution >= 4 is 6.21 Å². The van der Waals surface area contributed by atoms with Crippen molar-refractivity contribution in [2.24, 2.45) is 5.16 Å². The normalized spacial score (nSPS) is 17.6. The summed E-state index contributed by atoms with van der Waals surface area (Å²) in [6.45, 7) is 5.10. The smallest absolute Gasteiger partial charge is 0.231 e. The molecule has 2 N–H and O–H groups in total. The lowest BCUT2D eigenvalue weighted by Gasteiger charge is -2.33. The Morgan fingerprint density at radius 1 is 1.12 bits per heavy atom. The second-order valence-electron chi connectivity index (χ2n) is 7.85. The van der Waals surface area contributed by atoms with Crippen molar-refractivity contribution in [3.63, 3.8) is 0 Å². The molecule has 0 amide bonds. The van der Waals surface area contributed by atoms with Crippen LogP contribution in [0.15, 0.2) is 47.6 Å². The summed E-state index contributed by atoms with van der Waals surface area (Å²) in [5.41, 5.74) is 4.99. The molecule has 2 aromatic carbocycles. The first-order valence-electron chi connectivity index (χ1n) is 10.8. The fraction of sp³-hybridized carbons (Fsp3) is 0.435. The third kappa shape index (κ3) is 6.33. The maximum absolute atomic E-state index is 10.3. The van der Waals surface area contributed by atoms with Crippen molar-refractivity contribution in [1.82, 2.24) is 15.3 Å². The number of hydrogen-bond donors (Lipinski definition) is 2. The third-order valence-electron chi connectivity index (χ3n) is 5.34. The van der Waals surface area contributed by atoms with E-state index in [1.54, 1.807) is 6.21 Å². The highest BCUT2D eigenvalue weighted by molar-refractivity contribution is 5.83. The van der Waals surface area contributed by atoms with E-state index < -0.39 is 6.10 Å². The van der Waals surface area contributed by atoms with Gasteiger partial charge >= 0.3 is 0 Å². The van der Waals surface area contributed by atoms with E-state index in [4.69, 9.17) is 19.0 Å². The number of ether oxygens (including phenoxy) is 3. The van der Waals surface area contributed by atoms with Crippen LogP contribution in [0, 0.1) is 0 Å². The van der Waals surface area contributed by atoms with Crippen LogP contribution in [0.4, 0.5) is 0 Å². The number of para-hydroxylation sites is 1. The van der Waals surface area contributed by atoms with E-state index in [1.807, 2.05) is 42.5 Å².